The third-order valence-corrected chi connectivity index (χ3v) is 8.31. The summed E-state index contributed by atoms with van der Waals surface area (Å²) < 4.78 is 33.0. The van der Waals surface area contributed by atoms with Crippen LogP contribution >= 0.6 is 0 Å². The summed E-state index contributed by atoms with van der Waals surface area (Å²) in [6, 6.07) is 18.5. The second kappa shape index (κ2) is 11.0. The number of para-hydroxylation sites is 2. The molecule has 3 aromatic rings. The third-order valence-electron chi connectivity index (χ3n) is 6.40. The first-order chi connectivity index (χ1) is 18.0. The van der Waals surface area contributed by atoms with Gasteiger partial charge < -0.3 is 15.4 Å². The normalized spacial score (nSPS) is 16.7. The number of aromatic nitrogens is 2. The van der Waals surface area contributed by atoms with E-state index in [-0.39, 0.29) is 0 Å². The van der Waals surface area contributed by atoms with E-state index < -0.39 is 10.0 Å². The number of hydrogen-bond donors (Lipinski definition) is 2. The minimum absolute atomic E-state index is 0.293. The first kappa shape index (κ1) is 24.7. The van der Waals surface area contributed by atoms with E-state index in [2.05, 4.69) is 26.7 Å². The lowest BCUT2D eigenvalue weighted by Gasteiger charge is -2.25. The molecule has 0 amide bonds. The lowest BCUT2D eigenvalue weighted by Crippen LogP contribution is -2.35. The molecule has 0 aliphatic carbocycles. The van der Waals surface area contributed by atoms with Gasteiger partial charge in [0.05, 0.1) is 16.3 Å². The summed E-state index contributed by atoms with van der Waals surface area (Å²) in [6.45, 7) is 1.82. The molecule has 2 aromatic carbocycles. The molecule has 0 unspecified atom stereocenters. The predicted molar refractivity (Wildman–Crippen MR) is 141 cm³/mol. The highest BCUT2D eigenvalue weighted by atomic mass is 32.2. The summed E-state index contributed by atoms with van der Waals surface area (Å²) in [7, 11) is -3.41. The van der Waals surface area contributed by atoms with Gasteiger partial charge >= 0.3 is 0 Å². The van der Waals surface area contributed by atoms with Crippen molar-refractivity contribution in [2.75, 3.05) is 30.3 Å². The maximum Gasteiger partial charge on any atom is 0.243 e. The maximum absolute atomic E-state index is 12.8. The van der Waals surface area contributed by atoms with Crippen LogP contribution in [-0.4, -0.2) is 42.3 Å². The minimum Gasteiger partial charge on any atom is -0.437 e. The number of fused-ring (bicyclic) bond motifs is 1. The Balaban J connectivity index is 1.16. The van der Waals surface area contributed by atoms with Gasteiger partial charge in [0.15, 0.2) is 5.75 Å². The molecule has 3 heterocycles. The van der Waals surface area contributed by atoms with Gasteiger partial charge in [-0.2, -0.15) is 9.57 Å². The van der Waals surface area contributed by atoms with Crippen molar-refractivity contribution in [3.05, 3.63) is 77.9 Å². The van der Waals surface area contributed by atoms with Crippen molar-refractivity contribution in [1.29, 1.82) is 5.26 Å². The molecule has 0 spiro atoms. The number of hydrogen-bond acceptors (Lipinski definition) is 8. The van der Waals surface area contributed by atoms with E-state index in [1.807, 2.05) is 36.4 Å². The molecule has 2 aliphatic rings. The monoisotopic (exact) mass is 516 g/mol. The lowest BCUT2D eigenvalue weighted by molar-refractivity contribution is 0.346. The van der Waals surface area contributed by atoms with E-state index in [1.54, 1.807) is 28.7 Å². The number of anilines is 2. The van der Waals surface area contributed by atoms with Gasteiger partial charge in [-0.15, -0.1) is 0 Å². The zero-order chi connectivity index (χ0) is 25.7. The molecule has 0 radical (unpaired) electrons. The molecule has 0 atom stereocenters. The third kappa shape index (κ3) is 5.58. The maximum atomic E-state index is 12.8. The van der Waals surface area contributed by atoms with Crippen LogP contribution in [-0.2, 0) is 16.4 Å². The molecule has 2 N–H and O–H groups in total. The average Bonchev–Trinajstić information content (AvgIpc) is 3.36. The number of allylic oxidation sites excluding steroid dienone is 1. The molecular formula is C27H28N6O3S. The average molecular weight is 517 g/mol. The van der Waals surface area contributed by atoms with Gasteiger partial charge in [0.2, 0.25) is 21.9 Å². The van der Waals surface area contributed by atoms with Crippen LogP contribution in [0.4, 0.5) is 11.6 Å². The number of aryl methyl sites for hydroxylation is 1. The predicted octanol–water partition coefficient (Wildman–Crippen LogP) is 4.39. The van der Waals surface area contributed by atoms with Crippen molar-refractivity contribution < 1.29 is 13.2 Å². The van der Waals surface area contributed by atoms with Gasteiger partial charge in [-0.25, -0.2) is 18.4 Å². The first-order valence-electron chi connectivity index (χ1n) is 12.4. The van der Waals surface area contributed by atoms with Gasteiger partial charge in [-0.1, -0.05) is 30.7 Å². The van der Waals surface area contributed by atoms with E-state index in [4.69, 9.17) is 4.74 Å². The molecule has 1 fully saturated rings. The summed E-state index contributed by atoms with van der Waals surface area (Å²) in [5, 5.41) is 16.1. The summed E-state index contributed by atoms with van der Waals surface area (Å²) in [6.07, 6.45) is 6.12. The Hall–Kier alpha value is -3.94. The molecule has 37 heavy (non-hydrogen) atoms. The number of nitriles is 1. The van der Waals surface area contributed by atoms with Crippen LogP contribution in [0.5, 0.6) is 5.75 Å². The van der Waals surface area contributed by atoms with Crippen molar-refractivity contribution in [3.8, 4) is 11.8 Å². The summed E-state index contributed by atoms with van der Waals surface area (Å²) >= 11 is 0. The molecule has 9 nitrogen and oxygen atoms in total. The fraction of sp³-hybridized carbons (Fsp3) is 0.296. The Labute approximate surface area is 216 Å². The minimum atomic E-state index is -3.41. The van der Waals surface area contributed by atoms with Crippen molar-refractivity contribution in [2.45, 2.75) is 37.0 Å². The Morgan fingerprint density at radius 2 is 1.86 bits per heavy atom. The lowest BCUT2D eigenvalue weighted by atomic mass is 10.1. The van der Waals surface area contributed by atoms with Crippen LogP contribution in [0.15, 0.2) is 71.6 Å². The van der Waals surface area contributed by atoms with E-state index in [9.17, 15) is 13.7 Å². The van der Waals surface area contributed by atoms with Crippen LogP contribution in [0.2, 0.25) is 0 Å². The quantitative estimate of drug-likeness (QED) is 0.334. The molecule has 0 saturated carbocycles. The number of nitrogens with one attached hydrogen (secondary N) is 2. The van der Waals surface area contributed by atoms with Crippen molar-refractivity contribution in [1.82, 2.24) is 14.3 Å². The van der Waals surface area contributed by atoms with Crippen LogP contribution in [0.1, 0.15) is 36.9 Å². The molecule has 5 rings (SSSR count). The summed E-state index contributed by atoms with van der Waals surface area (Å²) in [5.41, 5.74) is 2.62. The van der Waals surface area contributed by atoms with E-state index in [0.29, 0.717) is 53.4 Å². The van der Waals surface area contributed by atoms with Crippen LogP contribution in [0.25, 0.3) is 5.57 Å². The smallest absolute Gasteiger partial charge is 0.243 e. The molecule has 2 aliphatic heterocycles. The molecule has 190 valence electrons. The molecule has 1 saturated heterocycles. The number of ether oxygens (including phenoxy) is 1. The number of sulfonamides is 1. The fourth-order valence-electron chi connectivity index (χ4n) is 4.41. The highest BCUT2D eigenvalue weighted by Gasteiger charge is 2.25. The van der Waals surface area contributed by atoms with Gasteiger partial charge in [0, 0.05) is 25.8 Å². The van der Waals surface area contributed by atoms with Crippen LogP contribution in [0.3, 0.4) is 0 Å². The molecule has 0 bridgehead atoms. The van der Waals surface area contributed by atoms with Crippen molar-refractivity contribution >= 4 is 27.2 Å². The first-order valence-corrected chi connectivity index (χ1v) is 13.8. The Morgan fingerprint density at radius 3 is 2.62 bits per heavy atom. The summed E-state index contributed by atoms with van der Waals surface area (Å²) in [5.74, 6) is 1.43. The highest BCUT2D eigenvalue weighted by Crippen LogP contribution is 2.35. The van der Waals surface area contributed by atoms with Gasteiger partial charge in [0.25, 0.3) is 0 Å². The second-order valence-corrected chi connectivity index (χ2v) is 10.9. The Bertz CT molecular complexity index is 1410. The number of nitrogens with zero attached hydrogens (tertiary/aromatic N) is 4. The molecular weight excluding hydrogens is 488 g/mol. The number of rotatable bonds is 8. The largest absolute Gasteiger partial charge is 0.437 e. The van der Waals surface area contributed by atoms with Crippen LogP contribution in [0, 0.1) is 11.3 Å². The standard InChI is InChI=1S/C27H28N6O3S/c28-19-22(26-31-24-8-2-3-9-25(24)36-26)23-14-16-30-27(32-23)29-15-6-7-20-10-12-21(13-11-20)37(34,35)33-17-4-1-5-18-33/h2-3,8-14,16,31H,1,4-7,15,17-18H2,(H,29,30,32). The fourth-order valence-corrected chi connectivity index (χ4v) is 5.93. The van der Waals surface area contributed by atoms with E-state index in [1.165, 1.54) is 0 Å². The van der Waals surface area contributed by atoms with Gasteiger partial charge in [-0.05, 0) is 61.6 Å². The SMILES string of the molecule is N#CC(=C1Nc2ccccc2O1)c1ccnc(NCCCc2ccc(S(=O)(=O)N3CCCCC3)cc2)n1. The van der Waals surface area contributed by atoms with Crippen molar-refractivity contribution in [2.24, 2.45) is 0 Å². The second-order valence-electron chi connectivity index (χ2n) is 8.94. The zero-order valence-electron chi connectivity index (χ0n) is 20.4. The van der Waals surface area contributed by atoms with Crippen LogP contribution < -0.4 is 15.4 Å². The Morgan fingerprint density at radius 1 is 1.08 bits per heavy atom. The molecule has 10 heteroatoms. The van der Waals surface area contributed by atoms with E-state index >= 15 is 0 Å². The zero-order valence-corrected chi connectivity index (χ0v) is 21.2. The number of benzene rings is 2. The van der Waals surface area contributed by atoms with Gasteiger partial charge in [-0.3, -0.25) is 0 Å². The van der Waals surface area contributed by atoms with Gasteiger partial charge in [0.1, 0.15) is 11.6 Å². The topological polar surface area (TPSA) is 120 Å². The highest BCUT2D eigenvalue weighted by molar-refractivity contribution is 7.89. The summed E-state index contributed by atoms with van der Waals surface area (Å²) in [4.78, 5) is 9.10. The Kier molecular flexibility index (Phi) is 7.35. The molecule has 1 aromatic heterocycles. The number of piperidine rings is 1. The van der Waals surface area contributed by atoms with E-state index in [0.717, 1.165) is 43.4 Å². The van der Waals surface area contributed by atoms with Crippen molar-refractivity contribution in [3.63, 3.8) is 0 Å².